The predicted molar refractivity (Wildman–Crippen MR) is 46.7 cm³/mol. The molecule has 0 bridgehead atoms. The lowest BCUT2D eigenvalue weighted by atomic mass is 9.72. The molecule has 1 rings (SSSR count). The zero-order valence-corrected chi connectivity index (χ0v) is 7.90. The lowest BCUT2D eigenvalue weighted by molar-refractivity contribution is -0.0727. The molecule has 0 unspecified atom stereocenters. The molecule has 1 aliphatic rings. The molecule has 0 atom stereocenters. The van der Waals surface area contributed by atoms with Gasteiger partial charge < -0.3 is 10.5 Å². The molecule has 0 spiro atoms. The van der Waals surface area contributed by atoms with Crippen molar-refractivity contribution in [1.82, 2.24) is 0 Å². The van der Waals surface area contributed by atoms with Crippen LogP contribution in [-0.2, 0) is 4.74 Å². The topological polar surface area (TPSA) is 35.2 Å². The van der Waals surface area contributed by atoms with Gasteiger partial charge in [0.25, 0.3) is 0 Å². The van der Waals surface area contributed by atoms with Gasteiger partial charge >= 0.3 is 0 Å². The minimum atomic E-state index is -1.12. The normalized spacial score (nSPS) is 24.0. The molecule has 0 aliphatic carbocycles. The molecule has 72 valence electrons. The van der Waals surface area contributed by atoms with E-state index in [0.29, 0.717) is 32.6 Å². The van der Waals surface area contributed by atoms with Crippen LogP contribution in [0.4, 0.5) is 4.39 Å². The number of ether oxygens (including phenoxy) is 1. The van der Waals surface area contributed by atoms with Crippen LogP contribution in [0.3, 0.4) is 0 Å². The molecule has 1 aliphatic heterocycles. The van der Waals surface area contributed by atoms with E-state index < -0.39 is 11.1 Å². The second kappa shape index (κ2) is 3.30. The molecule has 0 aromatic heterocycles. The first-order chi connectivity index (χ1) is 5.52. The number of halogens is 1. The Bertz CT molecular complexity index is 153. The minimum absolute atomic E-state index is 0.392. The Morgan fingerprint density at radius 1 is 1.42 bits per heavy atom. The minimum Gasteiger partial charge on any atom is -0.381 e. The average Bonchev–Trinajstić information content (AvgIpc) is 2.06. The summed E-state index contributed by atoms with van der Waals surface area (Å²) in [7, 11) is 0. The van der Waals surface area contributed by atoms with Gasteiger partial charge in [-0.15, -0.1) is 0 Å². The maximum Gasteiger partial charge on any atom is 0.121 e. The molecule has 0 amide bonds. The molecular formula is C9H18FNO. The van der Waals surface area contributed by atoms with Crippen LogP contribution in [0.2, 0.25) is 0 Å². The van der Waals surface area contributed by atoms with Crippen LogP contribution in [0.5, 0.6) is 0 Å². The maximum absolute atomic E-state index is 14.2. The number of nitrogens with two attached hydrogens (primary N) is 1. The van der Waals surface area contributed by atoms with Crippen LogP contribution in [0, 0.1) is 5.41 Å². The van der Waals surface area contributed by atoms with Gasteiger partial charge in [-0.3, -0.25) is 0 Å². The Hall–Kier alpha value is -0.150. The van der Waals surface area contributed by atoms with Crippen molar-refractivity contribution in [2.45, 2.75) is 32.4 Å². The van der Waals surface area contributed by atoms with E-state index in [1.807, 2.05) is 13.8 Å². The van der Waals surface area contributed by atoms with Crippen molar-refractivity contribution in [2.75, 3.05) is 19.8 Å². The van der Waals surface area contributed by atoms with E-state index in [9.17, 15) is 4.39 Å². The first-order valence-electron chi connectivity index (χ1n) is 4.49. The Labute approximate surface area is 73.3 Å². The van der Waals surface area contributed by atoms with Gasteiger partial charge in [0, 0.05) is 38.0 Å². The van der Waals surface area contributed by atoms with Crippen molar-refractivity contribution >= 4 is 0 Å². The highest BCUT2D eigenvalue weighted by Gasteiger charge is 2.45. The summed E-state index contributed by atoms with van der Waals surface area (Å²) in [6.45, 7) is 5.22. The summed E-state index contributed by atoms with van der Waals surface area (Å²) in [5.41, 5.74) is 4.00. The van der Waals surface area contributed by atoms with Crippen molar-refractivity contribution in [3.8, 4) is 0 Å². The third-order valence-electron chi connectivity index (χ3n) is 3.01. The average molecular weight is 175 g/mol. The maximum atomic E-state index is 14.2. The summed E-state index contributed by atoms with van der Waals surface area (Å²) in [6.07, 6.45) is 0.967. The molecule has 1 heterocycles. The van der Waals surface area contributed by atoms with Gasteiger partial charge in [0.1, 0.15) is 5.67 Å². The fourth-order valence-corrected chi connectivity index (χ4v) is 1.55. The van der Waals surface area contributed by atoms with Gasteiger partial charge in [0.2, 0.25) is 0 Å². The van der Waals surface area contributed by atoms with Crippen molar-refractivity contribution in [3.63, 3.8) is 0 Å². The molecule has 1 fully saturated rings. The van der Waals surface area contributed by atoms with E-state index >= 15 is 0 Å². The summed E-state index contributed by atoms with van der Waals surface area (Å²) in [6, 6.07) is 0. The largest absolute Gasteiger partial charge is 0.381 e. The number of hydrogen-bond donors (Lipinski definition) is 1. The molecule has 0 aromatic rings. The molecule has 0 aromatic carbocycles. The monoisotopic (exact) mass is 175 g/mol. The summed E-state index contributed by atoms with van der Waals surface area (Å²) >= 11 is 0. The van der Waals surface area contributed by atoms with Gasteiger partial charge in [0.15, 0.2) is 0 Å². The highest BCUT2D eigenvalue weighted by Crippen LogP contribution is 2.41. The number of rotatable bonds is 2. The van der Waals surface area contributed by atoms with Crippen LogP contribution in [0.25, 0.3) is 0 Å². The summed E-state index contributed by atoms with van der Waals surface area (Å²) < 4.78 is 19.3. The summed E-state index contributed by atoms with van der Waals surface area (Å²) in [5.74, 6) is 0. The first-order valence-corrected chi connectivity index (χ1v) is 4.49. The molecular weight excluding hydrogens is 157 g/mol. The molecule has 1 saturated heterocycles. The number of alkyl halides is 1. The second-order valence-electron chi connectivity index (χ2n) is 4.17. The second-order valence-corrected chi connectivity index (χ2v) is 4.17. The Kier molecular flexibility index (Phi) is 2.74. The smallest absolute Gasteiger partial charge is 0.121 e. The zero-order chi connectivity index (χ0) is 9.24. The van der Waals surface area contributed by atoms with Gasteiger partial charge in [-0.25, -0.2) is 4.39 Å². The summed E-state index contributed by atoms with van der Waals surface area (Å²) in [5, 5.41) is 0. The van der Waals surface area contributed by atoms with Gasteiger partial charge in [-0.05, 0) is 0 Å². The highest BCUT2D eigenvalue weighted by atomic mass is 19.1. The molecule has 3 heteroatoms. The van der Waals surface area contributed by atoms with E-state index in [2.05, 4.69) is 0 Å². The van der Waals surface area contributed by atoms with Crippen molar-refractivity contribution in [1.29, 1.82) is 0 Å². The van der Waals surface area contributed by atoms with Gasteiger partial charge in [0.05, 0.1) is 0 Å². The quantitative estimate of drug-likeness (QED) is 0.690. The van der Waals surface area contributed by atoms with E-state index in [1.54, 1.807) is 0 Å². The van der Waals surface area contributed by atoms with E-state index in [0.717, 1.165) is 0 Å². The van der Waals surface area contributed by atoms with Crippen molar-refractivity contribution in [3.05, 3.63) is 0 Å². The highest BCUT2D eigenvalue weighted by molar-refractivity contribution is 4.95. The fraction of sp³-hybridized carbons (Fsp3) is 1.00. The molecule has 2 N–H and O–H groups in total. The van der Waals surface area contributed by atoms with E-state index in [-0.39, 0.29) is 0 Å². The third-order valence-corrected chi connectivity index (χ3v) is 3.01. The number of hydrogen-bond acceptors (Lipinski definition) is 2. The van der Waals surface area contributed by atoms with E-state index in [4.69, 9.17) is 10.5 Å². The Balaban J connectivity index is 2.68. The Morgan fingerprint density at radius 3 is 2.33 bits per heavy atom. The first kappa shape index (κ1) is 9.93. The fourth-order valence-electron chi connectivity index (χ4n) is 1.55. The van der Waals surface area contributed by atoms with Crippen LogP contribution in [0.15, 0.2) is 0 Å². The standard InChI is InChI=1S/C9H18FNO/c1-8(2,7-11)9(10)3-5-12-6-4-9/h3-7,11H2,1-2H3. The van der Waals surface area contributed by atoms with Gasteiger partial charge in [-0.1, -0.05) is 13.8 Å². The van der Waals surface area contributed by atoms with Crippen LogP contribution in [-0.4, -0.2) is 25.4 Å². The molecule has 2 nitrogen and oxygen atoms in total. The van der Waals surface area contributed by atoms with Crippen LogP contribution >= 0.6 is 0 Å². The van der Waals surface area contributed by atoms with Gasteiger partial charge in [-0.2, -0.15) is 0 Å². The lowest BCUT2D eigenvalue weighted by Gasteiger charge is -2.42. The molecule has 0 radical (unpaired) electrons. The van der Waals surface area contributed by atoms with Crippen molar-refractivity contribution in [2.24, 2.45) is 11.1 Å². The van der Waals surface area contributed by atoms with Crippen LogP contribution in [0.1, 0.15) is 26.7 Å². The van der Waals surface area contributed by atoms with E-state index in [1.165, 1.54) is 0 Å². The SMILES string of the molecule is CC(C)(CN)C1(F)CCOCC1. The third kappa shape index (κ3) is 1.62. The molecule has 0 saturated carbocycles. The Morgan fingerprint density at radius 2 is 1.92 bits per heavy atom. The lowest BCUT2D eigenvalue weighted by Crippen LogP contribution is -2.48. The predicted octanol–water partition coefficient (Wildman–Crippen LogP) is 1.49. The van der Waals surface area contributed by atoms with Crippen LogP contribution < -0.4 is 5.73 Å². The zero-order valence-electron chi connectivity index (χ0n) is 7.90. The summed E-state index contributed by atoms with van der Waals surface area (Å²) in [4.78, 5) is 0. The van der Waals surface area contributed by atoms with Crippen molar-refractivity contribution < 1.29 is 9.13 Å². The molecule has 12 heavy (non-hydrogen) atoms.